The fourth-order valence-electron chi connectivity index (χ4n) is 3.52. The SMILES string of the molecule is CCCNC(=O)CC1CCC(CN2C(=O)C[C@H](C)C2=O)CC1. The molecule has 1 N–H and O–H groups in total. The molecule has 1 saturated carbocycles. The van der Waals surface area contributed by atoms with E-state index in [0.717, 1.165) is 38.6 Å². The molecule has 2 aliphatic rings. The Hall–Kier alpha value is -1.39. The van der Waals surface area contributed by atoms with Gasteiger partial charge in [0, 0.05) is 31.8 Å². The first-order valence-corrected chi connectivity index (χ1v) is 8.62. The van der Waals surface area contributed by atoms with Gasteiger partial charge >= 0.3 is 0 Å². The molecular formula is C17H28N2O3. The largest absolute Gasteiger partial charge is 0.356 e. The molecule has 124 valence electrons. The maximum atomic E-state index is 12.0. The van der Waals surface area contributed by atoms with Gasteiger partial charge in [-0.3, -0.25) is 19.3 Å². The molecule has 5 heteroatoms. The van der Waals surface area contributed by atoms with Gasteiger partial charge in [-0.1, -0.05) is 13.8 Å². The van der Waals surface area contributed by atoms with Crippen molar-refractivity contribution < 1.29 is 14.4 Å². The first kappa shape index (κ1) is 17.0. The number of carbonyl (C=O) groups is 3. The summed E-state index contributed by atoms with van der Waals surface area (Å²) in [5, 5.41) is 2.93. The molecule has 1 aliphatic carbocycles. The third-order valence-corrected chi connectivity index (χ3v) is 4.92. The molecule has 0 aromatic rings. The standard InChI is InChI=1S/C17H28N2O3/c1-3-8-18-15(20)10-13-4-6-14(7-5-13)11-19-16(21)9-12(2)17(19)22/h12-14H,3-11H2,1-2H3,(H,18,20)/t12-,13?,14?/m0/s1. The number of carbonyl (C=O) groups excluding carboxylic acids is 3. The Bertz CT molecular complexity index is 428. The van der Waals surface area contributed by atoms with E-state index in [0.29, 0.717) is 31.2 Å². The fourth-order valence-corrected chi connectivity index (χ4v) is 3.52. The van der Waals surface area contributed by atoms with Gasteiger partial charge in [0.15, 0.2) is 0 Å². The summed E-state index contributed by atoms with van der Waals surface area (Å²) in [6, 6.07) is 0. The minimum atomic E-state index is -0.147. The van der Waals surface area contributed by atoms with E-state index in [1.807, 2.05) is 13.8 Å². The van der Waals surface area contributed by atoms with Crippen LogP contribution in [0.1, 0.15) is 58.8 Å². The van der Waals surface area contributed by atoms with Crippen LogP contribution in [0.5, 0.6) is 0 Å². The zero-order valence-corrected chi connectivity index (χ0v) is 13.8. The zero-order chi connectivity index (χ0) is 16.1. The lowest BCUT2D eigenvalue weighted by molar-refractivity contribution is -0.140. The molecule has 3 amide bonds. The predicted molar refractivity (Wildman–Crippen MR) is 83.9 cm³/mol. The second-order valence-corrected chi connectivity index (χ2v) is 6.89. The normalized spacial score (nSPS) is 29.0. The molecule has 0 aromatic carbocycles. The molecule has 1 atom stereocenters. The Morgan fingerprint density at radius 1 is 1.18 bits per heavy atom. The zero-order valence-electron chi connectivity index (χ0n) is 13.8. The van der Waals surface area contributed by atoms with E-state index in [-0.39, 0.29) is 23.6 Å². The Labute approximate surface area is 132 Å². The lowest BCUT2D eigenvalue weighted by Crippen LogP contribution is -2.36. The molecule has 0 spiro atoms. The average Bonchev–Trinajstić information content (AvgIpc) is 2.73. The minimum Gasteiger partial charge on any atom is -0.356 e. The Kier molecular flexibility index (Phi) is 5.98. The van der Waals surface area contributed by atoms with Crippen LogP contribution in [-0.2, 0) is 14.4 Å². The van der Waals surface area contributed by atoms with Crippen molar-refractivity contribution in [1.29, 1.82) is 0 Å². The molecule has 0 radical (unpaired) electrons. The Morgan fingerprint density at radius 3 is 2.36 bits per heavy atom. The van der Waals surface area contributed by atoms with Crippen LogP contribution in [0.2, 0.25) is 0 Å². The number of likely N-dealkylation sites (tertiary alicyclic amines) is 1. The van der Waals surface area contributed by atoms with E-state index >= 15 is 0 Å². The van der Waals surface area contributed by atoms with Crippen molar-refractivity contribution in [3.05, 3.63) is 0 Å². The first-order valence-electron chi connectivity index (χ1n) is 8.62. The molecule has 2 rings (SSSR count). The molecule has 1 heterocycles. The minimum absolute atomic E-state index is 0.00827. The summed E-state index contributed by atoms with van der Waals surface area (Å²) in [4.78, 5) is 37.0. The summed E-state index contributed by atoms with van der Waals surface area (Å²) in [7, 11) is 0. The second kappa shape index (κ2) is 7.75. The maximum absolute atomic E-state index is 12.0. The van der Waals surface area contributed by atoms with Gasteiger partial charge < -0.3 is 5.32 Å². The highest BCUT2D eigenvalue weighted by Crippen LogP contribution is 2.32. The average molecular weight is 308 g/mol. The predicted octanol–water partition coefficient (Wildman–Crippen LogP) is 2.10. The van der Waals surface area contributed by atoms with Crippen molar-refractivity contribution in [1.82, 2.24) is 10.2 Å². The van der Waals surface area contributed by atoms with Crippen molar-refractivity contribution in [3.63, 3.8) is 0 Å². The van der Waals surface area contributed by atoms with E-state index < -0.39 is 0 Å². The van der Waals surface area contributed by atoms with Crippen LogP contribution in [0, 0.1) is 17.8 Å². The highest BCUT2D eigenvalue weighted by molar-refractivity contribution is 6.03. The molecule has 0 bridgehead atoms. The lowest BCUT2D eigenvalue weighted by Gasteiger charge is -2.30. The van der Waals surface area contributed by atoms with Crippen LogP contribution >= 0.6 is 0 Å². The van der Waals surface area contributed by atoms with Gasteiger partial charge in [0.05, 0.1) is 0 Å². The molecule has 5 nitrogen and oxygen atoms in total. The van der Waals surface area contributed by atoms with Crippen LogP contribution in [-0.4, -0.2) is 35.7 Å². The lowest BCUT2D eigenvalue weighted by atomic mass is 9.80. The molecular weight excluding hydrogens is 280 g/mol. The summed E-state index contributed by atoms with van der Waals surface area (Å²) < 4.78 is 0. The number of nitrogens with one attached hydrogen (secondary N) is 1. The van der Waals surface area contributed by atoms with Crippen molar-refractivity contribution >= 4 is 17.7 Å². The number of rotatable bonds is 6. The highest BCUT2D eigenvalue weighted by Gasteiger charge is 2.37. The quantitative estimate of drug-likeness (QED) is 0.764. The number of amides is 3. The van der Waals surface area contributed by atoms with Gasteiger partial charge in [0.25, 0.3) is 0 Å². The summed E-state index contributed by atoms with van der Waals surface area (Å²) in [6.07, 6.45) is 6.02. The molecule has 0 unspecified atom stereocenters. The molecule has 0 aromatic heterocycles. The van der Waals surface area contributed by atoms with E-state index in [2.05, 4.69) is 5.32 Å². The van der Waals surface area contributed by atoms with Crippen molar-refractivity contribution in [2.75, 3.05) is 13.1 Å². The van der Waals surface area contributed by atoms with Gasteiger partial charge in [-0.2, -0.15) is 0 Å². The van der Waals surface area contributed by atoms with Gasteiger partial charge in [0.1, 0.15) is 0 Å². The third-order valence-electron chi connectivity index (χ3n) is 4.92. The summed E-state index contributed by atoms with van der Waals surface area (Å²) >= 11 is 0. The van der Waals surface area contributed by atoms with Gasteiger partial charge in [0.2, 0.25) is 17.7 Å². The highest BCUT2D eigenvalue weighted by atomic mass is 16.2. The van der Waals surface area contributed by atoms with E-state index in [4.69, 9.17) is 0 Å². The molecule has 22 heavy (non-hydrogen) atoms. The second-order valence-electron chi connectivity index (χ2n) is 6.89. The number of imide groups is 1. The number of hydrogen-bond donors (Lipinski definition) is 1. The Balaban J connectivity index is 1.72. The van der Waals surface area contributed by atoms with Crippen LogP contribution in [0.25, 0.3) is 0 Å². The van der Waals surface area contributed by atoms with Gasteiger partial charge in [-0.25, -0.2) is 0 Å². The van der Waals surface area contributed by atoms with E-state index in [1.165, 1.54) is 4.90 Å². The maximum Gasteiger partial charge on any atom is 0.232 e. The molecule has 1 aliphatic heterocycles. The first-order chi connectivity index (χ1) is 10.5. The summed E-state index contributed by atoms with van der Waals surface area (Å²) in [6.45, 7) is 5.21. The van der Waals surface area contributed by atoms with Gasteiger partial charge in [-0.05, 0) is 43.9 Å². The van der Waals surface area contributed by atoms with Crippen LogP contribution < -0.4 is 5.32 Å². The summed E-state index contributed by atoms with van der Waals surface area (Å²) in [5.74, 6) is 0.852. The van der Waals surface area contributed by atoms with E-state index in [1.54, 1.807) is 0 Å². The van der Waals surface area contributed by atoms with Crippen LogP contribution in [0.15, 0.2) is 0 Å². The number of nitrogens with zero attached hydrogens (tertiary/aromatic N) is 1. The topological polar surface area (TPSA) is 66.5 Å². The molecule has 2 fully saturated rings. The monoisotopic (exact) mass is 308 g/mol. The summed E-state index contributed by atoms with van der Waals surface area (Å²) in [5.41, 5.74) is 0. The van der Waals surface area contributed by atoms with Crippen LogP contribution in [0.4, 0.5) is 0 Å². The third kappa shape index (κ3) is 4.31. The fraction of sp³-hybridized carbons (Fsp3) is 0.824. The van der Waals surface area contributed by atoms with Crippen molar-refractivity contribution in [3.8, 4) is 0 Å². The van der Waals surface area contributed by atoms with Crippen molar-refractivity contribution in [2.24, 2.45) is 17.8 Å². The van der Waals surface area contributed by atoms with Crippen molar-refractivity contribution in [2.45, 2.75) is 58.8 Å². The Morgan fingerprint density at radius 2 is 1.82 bits per heavy atom. The van der Waals surface area contributed by atoms with E-state index in [9.17, 15) is 14.4 Å². The smallest absolute Gasteiger partial charge is 0.232 e. The van der Waals surface area contributed by atoms with Crippen LogP contribution in [0.3, 0.4) is 0 Å². The van der Waals surface area contributed by atoms with Gasteiger partial charge in [-0.15, -0.1) is 0 Å². The molecule has 1 saturated heterocycles. The number of hydrogen-bond acceptors (Lipinski definition) is 3.